The van der Waals surface area contributed by atoms with Crippen molar-refractivity contribution in [2.75, 3.05) is 26.2 Å². The Morgan fingerprint density at radius 2 is 2.13 bits per heavy atom. The number of likely N-dealkylation sites (tertiary alicyclic amines) is 1. The van der Waals surface area contributed by atoms with E-state index >= 15 is 0 Å². The summed E-state index contributed by atoms with van der Waals surface area (Å²) in [7, 11) is 0. The number of nitrogens with zero attached hydrogens (tertiary/aromatic N) is 1. The van der Waals surface area contributed by atoms with Crippen molar-refractivity contribution in [2.24, 2.45) is 0 Å². The number of rotatable bonds is 5. The summed E-state index contributed by atoms with van der Waals surface area (Å²) in [5.74, 6) is 0. The van der Waals surface area contributed by atoms with Crippen LogP contribution in [-0.2, 0) is 4.74 Å². The van der Waals surface area contributed by atoms with Crippen LogP contribution < -0.4 is 5.32 Å². The summed E-state index contributed by atoms with van der Waals surface area (Å²) in [5, 5.41) is 2.88. The Hall–Kier alpha value is -1.19. The van der Waals surface area contributed by atoms with E-state index in [1.807, 2.05) is 4.90 Å². The SMILES string of the molecule is C=COCCCNC(=O)N1CCCCC1. The fourth-order valence-corrected chi connectivity index (χ4v) is 1.64. The van der Waals surface area contributed by atoms with Gasteiger partial charge in [0.2, 0.25) is 0 Å². The van der Waals surface area contributed by atoms with Gasteiger partial charge in [0.15, 0.2) is 0 Å². The van der Waals surface area contributed by atoms with Crippen LogP contribution in [-0.4, -0.2) is 37.2 Å². The minimum atomic E-state index is 0.0632. The molecule has 0 aromatic carbocycles. The molecular weight excluding hydrogens is 192 g/mol. The predicted octanol–water partition coefficient (Wildman–Crippen LogP) is 1.73. The first kappa shape index (κ1) is 11.9. The molecule has 1 aliphatic rings. The van der Waals surface area contributed by atoms with E-state index in [0.29, 0.717) is 13.2 Å². The first-order valence-corrected chi connectivity index (χ1v) is 5.60. The quantitative estimate of drug-likeness (QED) is 0.557. The summed E-state index contributed by atoms with van der Waals surface area (Å²) in [4.78, 5) is 13.5. The van der Waals surface area contributed by atoms with Crippen molar-refractivity contribution < 1.29 is 9.53 Å². The van der Waals surface area contributed by atoms with E-state index in [1.54, 1.807) is 0 Å². The molecule has 0 radical (unpaired) electrons. The number of ether oxygens (including phenoxy) is 1. The van der Waals surface area contributed by atoms with Crippen molar-refractivity contribution in [2.45, 2.75) is 25.7 Å². The van der Waals surface area contributed by atoms with Crippen molar-refractivity contribution in [3.05, 3.63) is 12.8 Å². The molecule has 0 aliphatic carbocycles. The topological polar surface area (TPSA) is 41.6 Å². The molecule has 4 nitrogen and oxygen atoms in total. The van der Waals surface area contributed by atoms with Gasteiger partial charge in [-0.2, -0.15) is 0 Å². The van der Waals surface area contributed by atoms with Gasteiger partial charge in [0, 0.05) is 19.6 Å². The van der Waals surface area contributed by atoms with Gasteiger partial charge in [0.25, 0.3) is 0 Å². The van der Waals surface area contributed by atoms with Gasteiger partial charge >= 0.3 is 6.03 Å². The third kappa shape index (κ3) is 4.72. The summed E-state index contributed by atoms with van der Waals surface area (Å²) < 4.78 is 4.96. The second kappa shape index (κ2) is 7.15. The number of amides is 2. The van der Waals surface area contributed by atoms with Gasteiger partial charge in [-0.1, -0.05) is 6.58 Å². The molecule has 86 valence electrons. The number of hydrogen-bond donors (Lipinski definition) is 1. The largest absolute Gasteiger partial charge is 0.502 e. The molecule has 0 aromatic heterocycles. The van der Waals surface area contributed by atoms with Crippen molar-refractivity contribution in [1.29, 1.82) is 0 Å². The minimum absolute atomic E-state index is 0.0632. The predicted molar refractivity (Wildman–Crippen MR) is 59.6 cm³/mol. The lowest BCUT2D eigenvalue weighted by atomic mass is 10.1. The molecule has 0 aromatic rings. The third-order valence-electron chi connectivity index (χ3n) is 2.48. The van der Waals surface area contributed by atoms with E-state index in [4.69, 9.17) is 4.74 Å². The molecule has 0 bridgehead atoms. The van der Waals surface area contributed by atoms with E-state index < -0.39 is 0 Å². The van der Waals surface area contributed by atoms with Gasteiger partial charge in [-0.3, -0.25) is 0 Å². The Morgan fingerprint density at radius 3 is 2.80 bits per heavy atom. The molecule has 0 saturated carbocycles. The zero-order valence-electron chi connectivity index (χ0n) is 9.21. The van der Waals surface area contributed by atoms with E-state index in [9.17, 15) is 4.79 Å². The average Bonchev–Trinajstić information content (AvgIpc) is 2.30. The monoisotopic (exact) mass is 212 g/mol. The highest BCUT2D eigenvalue weighted by molar-refractivity contribution is 5.74. The van der Waals surface area contributed by atoms with Gasteiger partial charge in [-0.15, -0.1) is 0 Å². The van der Waals surface area contributed by atoms with E-state index in [-0.39, 0.29) is 6.03 Å². The Bertz CT molecular complexity index is 201. The second-order valence-electron chi connectivity index (χ2n) is 3.67. The number of urea groups is 1. The Balaban J connectivity index is 2.04. The number of nitrogens with one attached hydrogen (secondary N) is 1. The molecule has 0 unspecified atom stereocenters. The standard InChI is InChI=1S/C11H20N2O2/c1-2-15-10-6-7-12-11(14)13-8-4-3-5-9-13/h2H,1,3-10H2,(H,12,14). The fraction of sp³-hybridized carbons (Fsp3) is 0.727. The third-order valence-corrected chi connectivity index (χ3v) is 2.48. The Labute approximate surface area is 91.3 Å². The maximum atomic E-state index is 11.6. The Morgan fingerprint density at radius 1 is 1.40 bits per heavy atom. The zero-order chi connectivity index (χ0) is 10.9. The van der Waals surface area contributed by atoms with Crippen LogP contribution in [0, 0.1) is 0 Å². The second-order valence-corrected chi connectivity index (χ2v) is 3.67. The molecule has 1 saturated heterocycles. The maximum absolute atomic E-state index is 11.6. The van der Waals surface area contributed by atoms with Crippen LogP contribution in [0.25, 0.3) is 0 Å². The fourth-order valence-electron chi connectivity index (χ4n) is 1.64. The van der Waals surface area contributed by atoms with Crippen molar-refractivity contribution >= 4 is 6.03 Å². The summed E-state index contributed by atoms with van der Waals surface area (Å²) in [6, 6.07) is 0.0632. The first-order chi connectivity index (χ1) is 7.34. The van der Waals surface area contributed by atoms with Crippen LogP contribution in [0.5, 0.6) is 0 Å². The number of carbonyl (C=O) groups excluding carboxylic acids is 1. The van der Waals surface area contributed by atoms with Gasteiger partial charge in [-0.25, -0.2) is 4.79 Å². The highest BCUT2D eigenvalue weighted by Gasteiger charge is 2.15. The highest BCUT2D eigenvalue weighted by atomic mass is 16.5. The van der Waals surface area contributed by atoms with Crippen LogP contribution in [0.3, 0.4) is 0 Å². The normalized spacial score (nSPS) is 15.9. The molecule has 15 heavy (non-hydrogen) atoms. The van der Waals surface area contributed by atoms with Crippen molar-refractivity contribution in [1.82, 2.24) is 10.2 Å². The summed E-state index contributed by atoms with van der Waals surface area (Å²) >= 11 is 0. The summed E-state index contributed by atoms with van der Waals surface area (Å²) in [6.07, 6.45) is 5.76. The maximum Gasteiger partial charge on any atom is 0.317 e. The van der Waals surface area contributed by atoms with Crippen LogP contribution >= 0.6 is 0 Å². The molecule has 1 rings (SSSR count). The lowest BCUT2D eigenvalue weighted by Crippen LogP contribution is -2.43. The number of hydrogen-bond acceptors (Lipinski definition) is 2. The van der Waals surface area contributed by atoms with Gasteiger partial charge in [-0.05, 0) is 25.7 Å². The van der Waals surface area contributed by atoms with Gasteiger partial charge < -0.3 is 15.0 Å². The highest BCUT2D eigenvalue weighted by Crippen LogP contribution is 2.08. The molecule has 1 aliphatic heterocycles. The lowest BCUT2D eigenvalue weighted by Gasteiger charge is -2.26. The molecule has 4 heteroatoms. The molecule has 1 N–H and O–H groups in total. The minimum Gasteiger partial charge on any atom is -0.502 e. The number of piperidine rings is 1. The van der Waals surface area contributed by atoms with E-state index in [0.717, 1.165) is 32.4 Å². The summed E-state index contributed by atoms with van der Waals surface area (Å²) in [6.45, 7) is 6.53. The number of carbonyl (C=O) groups is 1. The smallest absolute Gasteiger partial charge is 0.317 e. The lowest BCUT2D eigenvalue weighted by molar-refractivity contribution is 0.184. The molecular formula is C11H20N2O2. The van der Waals surface area contributed by atoms with Crippen molar-refractivity contribution in [3.8, 4) is 0 Å². The molecule has 2 amide bonds. The molecule has 1 fully saturated rings. The van der Waals surface area contributed by atoms with Crippen LogP contribution in [0.2, 0.25) is 0 Å². The van der Waals surface area contributed by atoms with Crippen LogP contribution in [0.4, 0.5) is 4.79 Å². The van der Waals surface area contributed by atoms with Crippen molar-refractivity contribution in [3.63, 3.8) is 0 Å². The average molecular weight is 212 g/mol. The van der Waals surface area contributed by atoms with Gasteiger partial charge in [0.05, 0.1) is 12.9 Å². The van der Waals surface area contributed by atoms with Gasteiger partial charge in [0.1, 0.15) is 0 Å². The van der Waals surface area contributed by atoms with E-state index in [1.165, 1.54) is 12.7 Å². The van der Waals surface area contributed by atoms with Crippen LogP contribution in [0.1, 0.15) is 25.7 Å². The Kier molecular flexibility index (Phi) is 5.66. The molecule has 1 heterocycles. The molecule has 0 atom stereocenters. The molecule has 0 spiro atoms. The first-order valence-electron chi connectivity index (χ1n) is 5.60. The van der Waals surface area contributed by atoms with E-state index in [2.05, 4.69) is 11.9 Å². The van der Waals surface area contributed by atoms with Crippen LogP contribution in [0.15, 0.2) is 12.8 Å². The zero-order valence-corrected chi connectivity index (χ0v) is 9.21. The summed E-state index contributed by atoms with van der Waals surface area (Å²) in [5.41, 5.74) is 0.